The number of rotatable bonds is 5. The third kappa shape index (κ3) is 3.78. The topological polar surface area (TPSA) is 59.8 Å². The summed E-state index contributed by atoms with van der Waals surface area (Å²) >= 11 is 5.69. The van der Waals surface area contributed by atoms with Crippen LogP contribution < -0.4 is 0 Å². The molecule has 0 aliphatic heterocycles. The molecule has 1 aromatic rings. The van der Waals surface area contributed by atoms with Crippen molar-refractivity contribution in [2.45, 2.75) is 13.3 Å². The van der Waals surface area contributed by atoms with Crippen LogP contribution in [0.15, 0.2) is 16.7 Å². The molecule has 0 saturated heterocycles. The minimum absolute atomic E-state index is 0.0537. The molecule has 0 atom stereocenters. The maximum Gasteiger partial charge on any atom is 0.307 e. The van der Waals surface area contributed by atoms with Crippen LogP contribution >= 0.6 is 11.6 Å². The first-order valence-electron chi connectivity index (χ1n) is 5.20. The Morgan fingerprint density at radius 2 is 2.24 bits per heavy atom. The van der Waals surface area contributed by atoms with Crippen LogP contribution in [0.1, 0.15) is 23.7 Å². The molecular weight excluding hydrogens is 246 g/mol. The van der Waals surface area contributed by atoms with Crippen molar-refractivity contribution >= 4 is 23.5 Å². The van der Waals surface area contributed by atoms with Crippen LogP contribution in [0.5, 0.6) is 0 Å². The maximum absolute atomic E-state index is 11.8. The molecule has 0 unspecified atom stereocenters. The van der Waals surface area contributed by atoms with Gasteiger partial charge in [0.15, 0.2) is 0 Å². The average molecular weight is 260 g/mol. The van der Waals surface area contributed by atoms with Gasteiger partial charge in [0, 0.05) is 13.6 Å². The molecule has 0 N–H and O–H groups in total. The van der Waals surface area contributed by atoms with Crippen LogP contribution in [0.25, 0.3) is 0 Å². The van der Waals surface area contributed by atoms with E-state index in [-0.39, 0.29) is 35.6 Å². The van der Waals surface area contributed by atoms with Crippen molar-refractivity contribution in [1.82, 2.24) is 4.90 Å². The smallest absolute Gasteiger partial charge is 0.307 e. The number of nitrogens with zero attached hydrogens (tertiary/aromatic N) is 1. The molecule has 0 bridgehead atoms. The fraction of sp³-hybridized carbons (Fsp3) is 0.455. The lowest BCUT2D eigenvalue weighted by atomic mass is 10.3. The molecule has 0 aliphatic carbocycles. The lowest BCUT2D eigenvalue weighted by Crippen LogP contribution is -2.29. The van der Waals surface area contributed by atoms with Crippen molar-refractivity contribution in [3.8, 4) is 0 Å². The van der Waals surface area contributed by atoms with E-state index in [2.05, 4.69) is 0 Å². The summed E-state index contributed by atoms with van der Waals surface area (Å²) in [5, 5.41) is 0.0537. The van der Waals surface area contributed by atoms with E-state index < -0.39 is 0 Å². The highest BCUT2D eigenvalue weighted by atomic mass is 35.5. The highest BCUT2D eigenvalue weighted by Gasteiger charge is 2.18. The molecule has 94 valence electrons. The molecule has 0 aromatic carbocycles. The third-order valence-corrected chi connectivity index (χ3v) is 2.44. The van der Waals surface area contributed by atoms with Gasteiger partial charge in [-0.2, -0.15) is 0 Å². The molecule has 1 aromatic heterocycles. The second kappa shape index (κ2) is 6.30. The Morgan fingerprint density at radius 1 is 1.53 bits per heavy atom. The zero-order valence-corrected chi connectivity index (χ0v) is 10.5. The van der Waals surface area contributed by atoms with Crippen molar-refractivity contribution < 1.29 is 18.7 Å². The van der Waals surface area contributed by atoms with E-state index in [9.17, 15) is 9.59 Å². The quantitative estimate of drug-likeness (QED) is 0.759. The average Bonchev–Trinajstić information content (AvgIpc) is 2.71. The van der Waals surface area contributed by atoms with Crippen molar-refractivity contribution in [2.24, 2.45) is 0 Å². The second-order valence-electron chi connectivity index (χ2n) is 3.39. The Kier molecular flexibility index (Phi) is 5.03. The molecule has 0 saturated carbocycles. The SMILES string of the molecule is CCOC(=O)CCN(C)C(=O)c1ccoc1Cl. The molecule has 5 nitrogen and oxygen atoms in total. The van der Waals surface area contributed by atoms with Gasteiger partial charge in [-0.25, -0.2) is 0 Å². The number of carbonyl (C=O) groups excluding carboxylic acids is 2. The zero-order valence-electron chi connectivity index (χ0n) is 9.73. The number of furan rings is 1. The minimum atomic E-state index is -0.328. The Hall–Kier alpha value is -1.49. The summed E-state index contributed by atoms with van der Waals surface area (Å²) in [4.78, 5) is 24.3. The number of esters is 1. The lowest BCUT2D eigenvalue weighted by Gasteiger charge is -2.15. The van der Waals surface area contributed by atoms with Gasteiger partial charge < -0.3 is 14.1 Å². The summed E-state index contributed by atoms with van der Waals surface area (Å²) in [7, 11) is 1.59. The van der Waals surface area contributed by atoms with E-state index in [4.69, 9.17) is 20.8 Å². The number of halogens is 1. The molecule has 1 rings (SSSR count). The third-order valence-electron chi connectivity index (χ3n) is 2.15. The Morgan fingerprint density at radius 3 is 2.76 bits per heavy atom. The van der Waals surface area contributed by atoms with Crippen LogP contribution in [0.4, 0.5) is 0 Å². The monoisotopic (exact) mass is 259 g/mol. The number of amides is 1. The maximum atomic E-state index is 11.8. The van der Waals surface area contributed by atoms with Gasteiger partial charge >= 0.3 is 5.97 Å². The Bertz CT molecular complexity index is 402. The van der Waals surface area contributed by atoms with Crippen molar-refractivity contribution in [2.75, 3.05) is 20.2 Å². The molecule has 0 fully saturated rings. The van der Waals surface area contributed by atoms with E-state index >= 15 is 0 Å². The fourth-order valence-corrected chi connectivity index (χ4v) is 1.44. The van der Waals surface area contributed by atoms with Gasteiger partial charge in [0.25, 0.3) is 5.91 Å². The van der Waals surface area contributed by atoms with Crippen LogP contribution in [0.3, 0.4) is 0 Å². The van der Waals surface area contributed by atoms with E-state index in [1.54, 1.807) is 14.0 Å². The van der Waals surface area contributed by atoms with Gasteiger partial charge in [0.1, 0.15) is 0 Å². The summed E-state index contributed by atoms with van der Waals surface area (Å²) in [6.07, 6.45) is 1.50. The van der Waals surface area contributed by atoms with Crippen LogP contribution in [0, 0.1) is 0 Å². The van der Waals surface area contributed by atoms with Gasteiger partial charge in [-0.3, -0.25) is 9.59 Å². The molecule has 0 radical (unpaired) electrons. The summed E-state index contributed by atoms with van der Waals surface area (Å²) < 4.78 is 9.59. The van der Waals surface area contributed by atoms with Gasteiger partial charge in [-0.05, 0) is 24.6 Å². The normalized spacial score (nSPS) is 10.1. The van der Waals surface area contributed by atoms with Gasteiger partial charge in [0.2, 0.25) is 5.22 Å². The fourth-order valence-electron chi connectivity index (χ4n) is 1.25. The first-order chi connectivity index (χ1) is 8.06. The number of hydrogen-bond donors (Lipinski definition) is 0. The van der Waals surface area contributed by atoms with Gasteiger partial charge in [-0.1, -0.05) is 0 Å². The minimum Gasteiger partial charge on any atom is -0.466 e. The second-order valence-corrected chi connectivity index (χ2v) is 3.73. The largest absolute Gasteiger partial charge is 0.466 e. The van der Waals surface area contributed by atoms with E-state index in [0.29, 0.717) is 6.61 Å². The summed E-state index contributed by atoms with van der Waals surface area (Å²) in [6, 6.07) is 1.49. The molecule has 1 heterocycles. The summed E-state index contributed by atoms with van der Waals surface area (Å²) in [5.74, 6) is -0.613. The number of carbonyl (C=O) groups is 2. The highest BCUT2D eigenvalue weighted by molar-refractivity contribution is 6.32. The molecule has 0 aliphatic rings. The first kappa shape index (κ1) is 13.6. The van der Waals surface area contributed by atoms with Gasteiger partial charge in [0.05, 0.1) is 24.9 Å². The molecule has 0 spiro atoms. The number of ether oxygens (including phenoxy) is 1. The van der Waals surface area contributed by atoms with Gasteiger partial charge in [-0.15, -0.1) is 0 Å². The number of hydrogen-bond acceptors (Lipinski definition) is 4. The van der Waals surface area contributed by atoms with Crippen molar-refractivity contribution in [1.29, 1.82) is 0 Å². The van der Waals surface area contributed by atoms with E-state index in [0.717, 1.165) is 0 Å². The standard InChI is InChI=1S/C11H14ClNO4/c1-3-16-9(14)4-6-13(2)11(15)8-5-7-17-10(8)12/h5,7H,3-4,6H2,1-2H3. The summed E-state index contributed by atoms with van der Waals surface area (Å²) in [5.41, 5.74) is 0.290. The predicted octanol–water partition coefficient (Wildman–Crippen LogP) is 1.96. The Balaban J connectivity index is 2.48. The van der Waals surface area contributed by atoms with Crippen LogP contribution in [-0.4, -0.2) is 37.0 Å². The van der Waals surface area contributed by atoms with Crippen LogP contribution in [-0.2, 0) is 9.53 Å². The Labute approximate surface area is 104 Å². The van der Waals surface area contributed by atoms with Crippen molar-refractivity contribution in [3.63, 3.8) is 0 Å². The predicted molar refractivity (Wildman–Crippen MR) is 61.9 cm³/mol. The van der Waals surface area contributed by atoms with E-state index in [1.165, 1.54) is 17.2 Å². The molecular formula is C11H14ClNO4. The molecule has 1 amide bonds. The van der Waals surface area contributed by atoms with Crippen LogP contribution in [0.2, 0.25) is 5.22 Å². The zero-order chi connectivity index (χ0) is 12.8. The summed E-state index contributed by atoms with van der Waals surface area (Å²) in [6.45, 7) is 2.35. The van der Waals surface area contributed by atoms with E-state index in [1.807, 2.05) is 0 Å². The molecule has 17 heavy (non-hydrogen) atoms. The lowest BCUT2D eigenvalue weighted by molar-refractivity contribution is -0.143. The highest BCUT2D eigenvalue weighted by Crippen LogP contribution is 2.18. The van der Waals surface area contributed by atoms with Crippen molar-refractivity contribution in [3.05, 3.63) is 23.1 Å². The first-order valence-corrected chi connectivity index (χ1v) is 5.58. The molecule has 6 heteroatoms.